The van der Waals surface area contributed by atoms with Gasteiger partial charge in [-0.15, -0.1) is 0 Å². The first-order valence-electron chi connectivity index (χ1n) is 9.53. The Morgan fingerprint density at radius 3 is 2.46 bits per heavy atom. The molecular weight excluding hydrogens is 495 g/mol. The Kier molecular flexibility index (Phi) is 5.72. The highest BCUT2D eigenvalue weighted by Crippen LogP contribution is 2.35. The SMILES string of the molecule is COC(=O)c1cn(-c2cc3c(=O)n(NS(=O)(=O)c4ccccc4)c(=O)[nH]c3cc2C(F)(F)F)cn1. The predicted octanol–water partition coefficient (Wildman–Crippen LogP) is 1.61. The van der Waals surface area contributed by atoms with Gasteiger partial charge in [0.2, 0.25) is 0 Å². The summed E-state index contributed by atoms with van der Waals surface area (Å²) in [4.78, 5) is 44.4. The van der Waals surface area contributed by atoms with Crippen LogP contribution in [0.5, 0.6) is 0 Å². The molecule has 2 aromatic heterocycles. The van der Waals surface area contributed by atoms with Crippen LogP contribution in [0.2, 0.25) is 0 Å². The number of aromatic amines is 1. The number of sulfonamides is 1. The molecule has 0 saturated heterocycles. The molecule has 2 N–H and O–H groups in total. The first kappa shape index (κ1) is 23.7. The maximum Gasteiger partial charge on any atom is 0.418 e. The number of hydrogen-bond acceptors (Lipinski definition) is 7. The van der Waals surface area contributed by atoms with Crippen LogP contribution in [-0.2, 0) is 20.9 Å². The van der Waals surface area contributed by atoms with Gasteiger partial charge in [0, 0.05) is 6.20 Å². The summed E-state index contributed by atoms with van der Waals surface area (Å²) in [5.41, 5.74) is -5.18. The van der Waals surface area contributed by atoms with E-state index < -0.39 is 55.6 Å². The smallest absolute Gasteiger partial charge is 0.418 e. The second kappa shape index (κ2) is 8.43. The second-order valence-corrected chi connectivity index (χ2v) is 8.71. The van der Waals surface area contributed by atoms with Gasteiger partial charge in [0.05, 0.1) is 34.2 Å². The molecule has 0 aliphatic heterocycles. The van der Waals surface area contributed by atoms with Crippen LogP contribution in [0, 0.1) is 0 Å². The number of carbonyl (C=O) groups excluding carboxylic acids is 1. The van der Waals surface area contributed by atoms with Gasteiger partial charge in [-0.1, -0.05) is 18.2 Å². The second-order valence-electron chi connectivity index (χ2n) is 7.05. The molecule has 0 amide bonds. The highest BCUT2D eigenvalue weighted by atomic mass is 32.2. The van der Waals surface area contributed by atoms with E-state index in [-0.39, 0.29) is 15.3 Å². The maximum atomic E-state index is 13.8. The number of halogens is 3. The van der Waals surface area contributed by atoms with Gasteiger partial charge in [0.25, 0.3) is 15.6 Å². The highest BCUT2D eigenvalue weighted by Gasteiger charge is 2.35. The molecule has 0 aliphatic rings. The van der Waals surface area contributed by atoms with Gasteiger partial charge in [0.15, 0.2) is 5.69 Å². The lowest BCUT2D eigenvalue weighted by Gasteiger charge is -2.15. The molecule has 0 aliphatic carbocycles. The summed E-state index contributed by atoms with van der Waals surface area (Å²) in [6, 6.07) is 8.15. The first-order valence-corrected chi connectivity index (χ1v) is 11.0. The molecule has 0 spiro atoms. The van der Waals surface area contributed by atoms with E-state index >= 15 is 0 Å². The number of methoxy groups -OCH3 is 1. The van der Waals surface area contributed by atoms with E-state index in [9.17, 15) is 36.0 Å². The number of nitrogens with one attached hydrogen (secondary N) is 2. The lowest BCUT2D eigenvalue weighted by Crippen LogP contribution is -2.43. The van der Waals surface area contributed by atoms with E-state index in [0.717, 1.165) is 30.3 Å². The summed E-state index contributed by atoms with van der Waals surface area (Å²) < 4.78 is 72.0. The van der Waals surface area contributed by atoms with Gasteiger partial charge in [-0.3, -0.25) is 4.79 Å². The van der Waals surface area contributed by atoms with Crippen molar-refractivity contribution in [1.29, 1.82) is 0 Å². The molecule has 4 rings (SSSR count). The van der Waals surface area contributed by atoms with Gasteiger partial charge in [0.1, 0.15) is 6.33 Å². The fraction of sp³-hybridized carbons (Fsp3) is 0.100. The van der Waals surface area contributed by atoms with Crippen LogP contribution < -0.4 is 16.1 Å². The fourth-order valence-corrected chi connectivity index (χ4v) is 4.24. The fourth-order valence-electron chi connectivity index (χ4n) is 3.21. The number of carbonyl (C=O) groups is 1. The number of esters is 1. The Balaban J connectivity index is 1.93. The summed E-state index contributed by atoms with van der Waals surface area (Å²) in [5, 5.41) is -0.448. The van der Waals surface area contributed by atoms with Crippen LogP contribution in [-0.4, -0.2) is 40.7 Å². The topological polar surface area (TPSA) is 145 Å². The number of alkyl halides is 3. The lowest BCUT2D eigenvalue weighted by atomic mass is 10.1. The third-order valence-electron chi connectivity index (χ3n) is 4.84. The summed E-state index contributed by atoms with van der Waals surface area (Å²) in [7, 11) is -3.32. The Morgan fingerprint density at radius 1 is 1.14 bits per heavy atom. The third kappa shape index (κ3) is 4.40. The molecule has 0 radical (unpaired) electrons. The summed E-state index contributed by atoms with van der Waals surface area (Å²) >= 11 is 0. The average molecular weight is 509 g/mol. The molecule has 35 heavy (non-hydrogen) atoms. The summed E-state index contributed by atoms with van der Waals surface area (Å²) in [6.45, 7) is 0. The molecule has 0 saturated carbocycles. The minimum Gasteiger partial charge on any atom is -0.464 e. The van der Waals surface area contributed by atoms with E-state index in [1.165, 1.54) is 24.3 Å². The number of rotatable bonds is 5. The molecule has 2 heterocycles. The minimum atomic E-state index is -4.93. The van der Waals surface area contributed by atoms with Crippen molar-refractivity contribution in [3.8, 4) is 5.69 Å². The number of ether oxygens (including phenoxy) is 1. The van der Waals surface area contributed by atoms with Crippen LogP contribution in [0.1, 0.15) is 16.1 Å². The lowest BCUT2D eigenvalue weighted by molar-refractivity contribution is -0.137. The van der Waals surface area contributed by atoms with Crippen molar-refractivity contribution in [2.45, 2.75) is 11.1 Å². The van der Waals surface area contributed by atoms with Gasteiger partial charge in [-0.25, -0.2) is 19.4 Å². The van der Waals surface area contributed by atoms with Crippen molar-refractivity contribution in [1.82, 2.24) is 19.2 Å². The zero-order valence-electron chi connectivity index (χ0n) is 17.5. The van der Waals surface area contributed by atoms with Gasteiger partial charge in [-0.2, -0.15) is 26.3 Å². The van der Waals surface area contributed by atoms with Crippen molar-refractivity contribution in [2.75, 3.05) is 11.9 Å². The van der Waals surface area contributed by atoms with Crippen LogP contribution >= 0.6 is 0 Å². The first-order chi connectivity index (χ1) is 16.4. The predicted molar refractivity (Wildman–Crippen MR) is 115 cm³/mol. The molecule has 0 atom stereocenters. The summed E-state index contributed by atoms with van der Waals surface area (Å²) in [5.74, 6) is -0.903. The number of aromatic nitrogens is 4. The van der Waals surface area contributed by atoms with Crippen molar-refractivity contribution < 1.29 is 31.1 Å². The number of imidazole rings is 1. The van der Waals surface area contributed by atoms with Crippen molar-refractivity contribution in [2.24, 2.45) is 0 Å². The quantitative estimate of drug-likeness (QED) is 0.389. The van der Waals surface area contributed by atoms with E-state index in [2.05, 4.69) is 14.7 Å². The van der Waals surface area contributed by atoms with Crippen LogP contribution in [0.4, 0.5) is 13.2 Å². The van der Waals surface area contributed by atoms with Gasteiger partial charge in [-0.05, 0) is 24.3 Å². The number of benzene rings is 2. The number of nitrogens with zero attached hydrogens (tertiary/aromatic N) is 3. The number of H-pyrrole nitrogens is 1. The van der Waals surface area contributed by atoms with Crippen molar-refractivity contribution >= 4 is 26.9 Å². The molecule has 4 aromatic rings. The minimum absolute atomic E-state index is 0.134. The molecule has 15 heteroatoms. The van der Waals surface area contributed by atoms with E-state index in [1.54, 1.807) is 6.07 Å². The Bertz CT molecular complexity index is 1670. The van der Waals surface area contributed by atoms with Crippen LogP contribution in [0.15, 0.2) is 69.5 Å². The molecule has 0 bridgehead atoms. The molecule has 11 nitrogen and oxygen atoms in total. The number of hydrogen-bond donors (Lipinski definition) is 2. The Morgan fingerprint density at radius 2 is 1.83 bits per heavy atom. The van der Waals surface area contributed by atoms with Crippen LogP contribution in [0.3, 0.4) is 0 Å². The zero-order valence-corrected chi connectivity index (χ0v) is 18.3. The Hall–Kier alpha value is -4.40. The monoisotopic (exact) mass is 509 g/mol. The highest BCUT2D eigenvalue weighted by molar-refractivity contribution is 7.92. The third-order valence-corrected chi connectivity index (χ3v) is 6.16. The Labute approximate surface area is 193 Å². The van der Waals surface area contributed by atoms with E-state index in [1.807, 2.05) is 4.83 Å². The van der Waals surface area contributed by atoms with Gasteiger partial charge < -0.3 is 14.3 Å². The molecule has 182 valence electrons. The van der Waals surface area contributed by atoms with Gasteiger partial charge >= 0.3 is 17.8 Å². The largest absolute Gasteiger partial charge is 0.464 e. The van der Waals surface area contributed by atoms with Crippen molar-refractivity contribution in [3.63, 3.8) is 0 Å². The van der Waals surface area contributed by atoms with Crippen LogP contribution in [0.25, 0.3) is 16.6 Å². The molecular formula is C20H14F3N5O6S. The molecule has 2 aromatic carbocycles. The van der Waals surface area contributed by atoms with E-state index in [0.29, 0.717) is 6.07 Å². The average Bonchev–Trinajstić information content (AvgIpc) is 3.31. The maximum absolute atomic E-state index is 13.8. The molecule has 0 fully saturated rings. The van der Waals surface area contributed by atoms with E-state index in [4.69, 9.17) is 0 Å². The number of fused-ring (bicyclic) bond motifs is 1. The van der Waals surface area contributed by atoms with Crippen molar-refractivity contribution in [3.05, 3.63) is 87.1 Å². The zero-order chi connectivity index (χ0) is 25.5. The summed E-state index contributed by atoms with van der Waals surface area (Å²) in [6.07, 6.45) is -3.06. The standard InChI is InChI=1S/C20H14F3N5O6S/c1-34-18(30)15-9-27(10-24-15)16-7-12-14(8-13(16)20(21,22)23)25-19(31)28(17(12)29)26-35(32,33)11-5-3-2-4-6-11/h2-10,26H,1H3,(H,25,31). The normalized spacial score (nSPS) is 12.0. The molecule has 0 unspecified atom stereocenters.